The number of halogens is 1. The van der Waals surface area contributed by atoms with Gasteiger partial charge in [0.2, 0.25) is 0 Å². The molecule has 0 spiro atoms. The third-order valence-corrected chi connectivity index (χ3v) is 4.42. The predicted molar refractivity (Wildman–Crippen MR) is 44.7 cm³/mol. The van der Waals surface area contributed by atoms with E-state index in [2.05, 4.69) is 15.9 Å². The van der Waals surface area contributed by atoms with Crippen molar-refractivity contribution in [3.05, 3.63) is 0 Å². The summed E-state index contributed by atoms with van der Waals surface area (Å²) < 4.78 is 0. The van der Waals surface area contributed by atoms with Crippen LogP contribution < -0.4 is 0 Å². The summed E-state index contributed by atoms with van der Waals surface area (Å²) in [6.45, 7) is 0. The van der Waals surface area contributed by atoms with Crippen LogP contribution >= 0.6 is 15.9 Å². The van der Waals surface area contributed by atoms with Gasteiger partial charge in [0.1, 0.15) is 0 Å². The second-order valence-corrected chi connectivity index (χ2v) is 4.70. The Morgan fingerprint density at radius 3 is 2.36 bits per heavy atom. The molecular weight excluding hydrogens is 208 g/mol. The van der Waals surface area contributed by atoms with Gasteiger partial charge in [0.25, 0.3) is 0 Å². The second kappa shape index (κ2) is 2.47. The fourth-order valence-electron chi connectivity index (χ4n) is 2.56. The van der Waals surface area contributed by atoms with Crippen LogP contribution in [0.3, 0.4) is 0 Å². The molecule has 0 radical (unpaired) electrons. The molecule has 0 unspecified atom stereocenters. The number of hydrogen-bond donors (Lipinski definition) is 1. The van der Waals surface area contributed by atoms with Crippen molar-refractivity contribution >= 4 is 21.9 Å². The average molecular weight is 219 g/mol. The molecule has 2 rings (SSSR count). The topological polar surface area (TPSA) is 37.3 Å². The highest BCUT2D eigenvalue weighted by atomic mass is 79.9. The lowest BCUT2D eigenvalue weighted by atomic mass is 9.89. The van der Waals surface area contributed by atoms with Crippen LogP contribution in [-0.2, 0) is 4.79 Å². The monoisotopic (exact) mass is 218 g/mol. The highest BCUT2D eigenvalue weighted by molar-refractivity contribution is 9.09. The molecule has 0 saturated heterocycles. The van der Waals surface area contributed by atoms with Crippen LogP contribution in [0.25, 0.3) is 0 Å². The number of alkyl halides is 1. The maximum atomic E-state index is 10.8. The van der Waals surface area contributed by atoms with Crippen molar-refractivity contribution in [2.45, 2.75) is 24.1 Å². The van der Waals surface area contributed by atoms with Crippen LogP contribution in [-0.4, -0.2) is 15.9 Å². The van der Waals surface area contributed by atoms with Gasteiger partial charge < -0.3 is 5.11 Å². The maximum absolute atomic E-state index is 10.8. The molecule has 2 fully saturated rings. The van der Waals surface area contributed by atoms with Crippen molar-refractivity contribution in [3.8, 4) is 0 Å². The Bertz CT molecular complexity index is 191. The molecule has 62 valence electrons. The van der Waals surface area contributed by atoms with Crippen molar-refractivity contribution in [2.75, 3.05) is 0 Å². The molecule has 3 heteroatoms. The quantitative estimate of drug-likeness (QED) is 0.683. The van der Waals surface area contributed by atoms with E-state index in [1.807, 2.05) is 0 Å². The van der Waals surface area contributed by atoms with Crippen molar-refractivity contribution in [2.24, 2.45) is 17.8 Å². The molecule has 0 aromatic carbocycles. The summed E-state index contributed by atoms with van der Waals surface area (Å²) in [6, 6.07) is 0. The van der Waals surface area contributed by atoms with Gasteiger partial charge in [0.05, 0.1) is 5.92 Å². The highest BCUT2D eigenvalue weighted by Crippen LogP contribution is 2.51. The summed E-state index contributed by atoms with van der Waals surface area (Å²) in [6.07, 6.45) is 3.49. The van der Waals surface area contributed by atoms with Crippen LogP contribution in [0, 0.1) is 17.8 Å². The summed E-state index contributed by atoms with van der Waals surface area (Å²) >= 11 is 3.48. The predicted octanol–water partition coefficient (Wildman–Crippen LogP) is 1.88. The molecule has 4 atom stereocenters. The van der Waals surface area contributed by atoms with Crippen LogP contribution in [0.1, 0.15) is 19.3 Å². The zero-order valence-electron chi connectivity index (χ0n) is 6.16. The number of hydrogen-bond acceptors (Lipinski definition) is 1. The van der Waals surface area contributed by atoms with Crippen molar-refractivity contribution in [1.29, 1.82) is 0 Å². The fraction of sp³-hybridized carbons (Fsp3) is 0.875. The number of carboxylic acids is 1. The molecule has 0 aromatic rings. The van der Waals surface area contributed by atoms with Crippen molar-refractivity contribution in [3.63, 3.8) is 0 Å². The molecule has 2 bridgehead atoms. The molecule has 2 aliphatic rings. The smallest absolute Gasteiger partial charge is 0.307 e. The Morgan fingerprint density at radius 2 is 2.00 bits per heavy atom. The van der Waals surface area contributed by atoms with Gasteiger partial charge in [-0.25, -0.2) is 0 Å². The Morgan fingerprint density at radius 1 is 1.36 bits per heavy atom. The summed E-state index contributed by atoms with van der Waals surface area (Å²) in [5.41, 5.74) is 0. The van der Waals surface area contributed by atoms with E-state index in [-0.39, 0.29) is 10.7 Å². The summed E-state index contributed by atoms with van der Waals surface area (Å²) in [7, 11) is 0. The molecular formula is C8H11BrO2. The SMILES string of the molecule is O=C(O)[C@H]1[C@H]2CC[C@H](C2)[C@H]1Br. The maximum Gasteiger partial charge on any atom is 0.307 e. The van der Waals surface area contributed by atoms with Crippen molar-refractivity contribution in [1.82, 2.24) is 0 Å². The highest BCUT2D eigenvalue weighted by Gasteiger charge is 2.49. The zero-order valence-corrected chi connectivity index (χ0v) is 7.75. The molecule has 0 amide bonds. The van der Waals surface area contributed by atoms with Gasteiger partial charge >= 0.3 is 5.97 Å². The van der Waals surface area contributed by atoms with E-state index in [0.717, 1.165) is 12.8 Å². The lowest BCUT2D eigenvalue weighted by Gasteiger charge is -2.22. The Hall–Kier alpha value is -0.0500. The van der Waals surface area contributed by atoms with Gasteiger partial charge in [0.15, 0.2) is 0 Å². The standard InChI is InChI=1S/C8H11BrO2/c9-7-5-2-1-4(3-5)6(7)8(10)11/h4-7H,1-3H2,(H,10,11)/t4-,5+,6-,7+/m0/s1. The summed E-state index contributed by atoms with van der Waals surface area (Å²) in [5.74, 6) is 0.385. The zero-order chi connectivity index (χ0) is 8.01. The van der Waals surface area contributed by atoms with Crippen LogP contribution in [0.4, 0.5) is 0 Å². The molecule has 0 heterocycles. The van der Waals surface area contributed by atoms with Gasteiger partial charge in [-0.2, -0.15) is 0 Å². The molecule has 1 N–H and O–H groups in total. The first-order valence-electron chi connectivity index (χ1n) is 4.07. The number of fused-ring (bicyclic) bond motifs is 2. The minimum atomic E-state index is -0.612. The number of carbonyl (C=O) groups is 1. The lowest BCUT2D eigenvalue weighted by molar-refractivity contribution is -0.143. The molecule has 2 saturated carbocycles. The van der Waals surface area contributed by atoms with Gasteiger partial charge in [0, 0.05) is 4.83 Å². The van der Waals surface area contributed by atoms with Crippen LogP contribution in [0.2, 0.25) is 0 Å². The molecule has 11 heavy (non-hydrogen) atoms. The van der Waals surface area contributed by atoms with E-state index in [4.69, 9.17) is 5.11 Å². The Balaban J connectivity index is 2.17. The van der Waals surface area contributed by atoms with Gasteiger partial charge in [-0.05, 0) is 31.1 Å². The number of rotatable bonds is 1. The first-order chi connectivity index (χ1) is 5.20. The third-order valence-electron chi connectivity index (χ3n) is 3.10. The van der Waals surface area contributed by atoms with E-state index < -0.39 is 5.97 Å². The van der Waals surface area contributed by atoms with E-state index in [9.17, 15) is 4.79 Å². The number of aliphatic carboxylic acids is 1. The Kier molecular flexibility index (Phi) is 1.71. The molecule has 2 nitrogen and oxygen atoms in total. The molecule has 0 aliphatic heterocycles. The Labute approximate surface area is 74.1 Å². The van der Waals surface area contributed by atoms with Crippen LogP contribution in [0.15, 0.2) is 0 Å². The second-order valence-electron chi connectivity index (χ2n) is 3.64. The van der Waals surface area contributed by atoms with E-state index in [1.165, 1.54) is 6.42 Å². The normalized spacial score (nSPS) is 48.1. The minimum Gasteiger partial charge on any atom is -0.481 e. The third kappa shape index (κ3) is 1.01. The first kappa shape index (κ1) is 7.59. The summed E-state index contributed by atoms with van der Waals surface area (Å²) in [4.78, 5) is 11.0. The molecule has 0 aromatic heterocycles. The van der Waals surface area contributed by atoms with E-state index in [1.54, 1.807) is 0 Å². The minimum absolute atomic E-state index is 0.103. The largest absolute Gasteiger partial charge is 0.481 e. The van der Waals surface area contributed by atoms with E-state index in [0.29, 0.717) is 11.8 Å². The average Bonchev–Trinajstić information content (AvgIpc) is 2.44. The van der Waals surface area contributed by atoms with Gasteiger partial charge in [-0.3, -0.25) is 4.79 Å². The first-order valence-corrected chi connectivity index (χ1v) is 4.98. The lowest BCUT2D eigenvalue weighted by Crippen LogP contribution is -2.29. The van der Waals surface area contributed by atoms with Gasteiger partial charge in [-0.1, -0.05) is 15.9 Å². The fourth-order valence-corrected chi connectivity index (χ4v) is 3.70. The number of carboxylic acid groups (broad SMARTS) is 1. The van der Waals surface area contributed by atoms with Crippen molar-refractivity contribution < 1.29 is 9.90 Å². The summed E-state index contributed by atoms with van der Waals surface area (Å²) in [5, 5.41) is 8.88. The van der Waals surface area contributed by atoms with Crippen LogP contribution in [0.5, 0.6) is 0 Å². The van der Waals surface area contributed by atoms with Gasteiger partial charge in [-0.15, -0.1) is 0 Å². The molecule has 2 aliphatic carbocycles. The van der Waals surface area contributed by atoms with E-state index >= 15 is 0 Å².